The van der Waals surface area contributed by atoms with Crippen molar-refractivity contribution >= 4 is 41.2 Å². The minimum absolute atomic E-state index is 0.182. The van der Waals surface area contributed by atoms with Gasteiger partial charge >= 0.3 is 11.9 Å². The van der Waals surface area contributed by atoms with E-state index in [2.05, 4.69) is 26.5 Å². The molecule has 0 radical (unpaired) electrons. The number of pyridine rings is 1. The molecule has 1 aromatic rings. The quantitative estimate of drug-likeness (QED) is 0.746. The first-order valence-electron chi connectivity index (χ1n) is 3.39. The monoisotopic (exact) mass is 234 g/mol. The second-order valence-corrected chi connectivity index (χ2v) is 2.77. The second-order valence-electron chi connectivity index (χ2n) is 2.18. The molecule has 0 aromatic carbocycles. The number of carbonyl (C=O) groups is 2. The van der Waals surface area contributed by atoms with Gasteiger partial charge in [0, 0.05) is 6.20 Å². The van der Waals surface area contributed by atoms with Gasteiger partial charge in [-0.15, -0.1) is 0 Å². The fraction of sp³-hybridized carbons (Fsp3) is 0. The van der Waals surface area contributed by atoms with Gasteiger partial charge in [-0.05, 0) is 12.1 Å². The first kappa shape index (κ1) is 10.7. The Bertz CT molecular complexity index is 352. The van der Waals surface area contributed by atoms with E-state index in [4.69, 9.17) is 11.6 Å². The number of nitrogens with one attached hydrogen (secondary N) is 1. The Hall–Kier alpha value is -1.33. The lowest BCUT2D eigenvalue weighted by atomic mass is 10.4. The van der Waals surface area contributed by atoms with Crippen molar-refractivity contribution in [1.29, 1.82) is 0 Å². The van der Waals surface area contributed by atoms with E-state index < -0.39 is 11.9 Å². The molecule has 1 amide bonds. The first-order valence-corrected chi connectivity index (χ1v) is 4.07. The highest BCUT2D eigenvalue weighted by molar-refractivity contribution is 6.41. The van der Waals surface area contributed by atoms with E-state index in [1.54, 1.807) is 0 Å². The summed E-state index contributed by atoms with van der Waals surface area (Å²) < 4.78 is 3.68. The predicted octanol–water partition coefficient (Wildman–Crippen LogP) is 1.37. The van der Waals surface area contributed by atoms with Crippen LogP contribution in [0.1, 0.15) is 0 Å². The third kappa shape index (κ3) is 2.86. The molecule has 0 atom stereocenters. The largest absolute Gasteiger partial charge is 0.415 e. The van der Waals surface area contributed by atoms with Crippen LogP contribution < -0.4 is 5.32 Å². The van der Waals surface area contributed by atoms with Crippen molar-refractivity contribution < 1.29 is 13.9 Å². The van der Waals surface area contributed by atoms with Gasteiger partial charge < -0.3 is 9.61 Å². The zero-order valence-electron chi connectivity index (χ0n) is 6.66. The van der Waals surface area contributed by atoms with Crippen molar-refractivity contribution in [3.63, 3.8) is 0 Å². The van der Waals surface area contributed by atoms with Gasteiger partial charge in [0.1, 0.15) is 17.7 Å². The number of halogens is 2. The number of anilines is 1. The molecule has 0 spiro atoms. The fourth-order valence-corrected chi connectivity index (χ4v) is 0.834. The molecule has 1 aromatic heterocycles. The Labute approximate surface area is 89.1 Å². The minimum atomic E-state index is -1.21. The van der Waals surface area contributed by atoms with Crippen LogP contribution in [0.5, 0.6) is 0 Å². The molecule has 0 saturated heterocycles. The summed E-state index contributed by atoms with van der Waals surface area (Å²) in [5.41, 5.74) is 0. The highest BCUT2D eigenvalue weighted by Crippen LogP contribution is 2.09. The molecular formula is C7H4Cl2N2O3. The summed E-state index contributed by atoms with van der Waals surface area (Å²) >= 11 is 10.2. The van der Waals surface area contributed by atoms with Crippen molar-refractivity contribution in [2.45, 2.75) is 0 Å². The fourth-order valence-electron chi connectivity index (χ4n) is 0.652. The van der Waals surface area contributed by atoms with Crippen molar-refractivity contribution in [3.05, 3.63) is 23.4 Å². The molecule has 0 aliphatic carbocycles. The highest BCUT2D eigenvalue weighted by Gasteiger charge is 2.15. The van der Waals surface area contributed by atoms with Crippen LogP contribution in [0, 0.1) is 0 Å². The molecule has 1 heterocycles. The van der Waals surface area contributed by atoms with Gasteiger partial charge in [-0.25, -0.2) is 9.78 Å². The van der Waals surface area contributed by atoms with Gasteiger partial charge in [-0.2, -0.15) is 0 Å². The summed E-state index contributed by atoms with van der Waals surface area (Å²) in [5.74, 6) is -2.03. The lowest BCUT2D eigenvalue weighted by molar-refractivity contribution is -0.145. The lowest BCUT2D eigenvalue weighted by Crippen LogP contribution is -2.23. The standard InChI is InChI=1S/C7H4Cl2N2O3/c8-4-1-2-5(10-3-4)11-6(12)7(13)14-9/h1-3H,(H,10,11,12). The zero-order valence-corrected chi connectivity index (χ0v) is 8.17. The Kier molecular flexibility index (Phi) is 3.67. The predicted molar refractivity (Wildman–Crippen MR) is 49.8 cm³/mol. The van der Waals surface area contributed by atoms with Crippen molar-refractivity contribution in [2.24, 2.45) is 0 Å². The van der Waals surface area contributed by atoms with Crippen LogP contribution in [0.2, 0.25) is 5.02 Å². The lowest BCUT2D eigenvalue weighted by Gasteiger charge is -2.00. The van der Waals surface area contributed by atoms with Crippen LogP contribution in [0.15, 0.2) is 18.3 Å². The average Bonchev–Trinajstić information content (AvgIpc) is 2.20. The van der Waals surface area contributed by atoms with Gasteiger partial charge in [0.15, 0.2) is 0 Å². The van der Waals surface area contributed by atoms with Gasteiger partial charge in [0.05, 0.1) is 5.02 Å². The number of rotatable bonds is 1. The maximum atomic E-state index is 10.9. The summed E-state index contributed by atoms with van der Waals surface area (Å²) in [7, 11) is 0. The van der Waals surface area contributed by atoms with E-state index in [0.29, 0.717) is 5.02 Å². The Morgan fingerprint density at radius 2 is 2.14 bits per heavy atom. The highest BCUT2D eigenvalue weighted by atomic mass is 35.5. The van der Waals surface area contributed by atoms with Crippen molar-refractivity contribution in [3.8, 4) is 0 Å². The Morgan fingerprint density at radius 3 is 2.64 bits per heavy atom. The third-order valence-corrected chi connectivity index (χ3v) is 1.59. The molecule has 1 N–H and O–H groups in total. The molecule has 14 heavy (non-hydrogen) atoms. The maximum absolute atomic E-state index is 10.9. The summed E-state index contributed by atoms with van der Waals surface area (Å²) in [6, 6.07) is 2.94. The zero-order chi connectivity index (χ0) is 10.6. The topological polar surface area (TPSA) is 68.3 Å². The van der Waals surface area contributed by atoms with E-state index >= 15 is 0 Å². The molecule has 0 aliphatic rings. The van der Waals surface area contributed by atoms with E-state index in [9.17, 15) is 9.59 Å². The van der Waals surface area contributed by atoms with Crippen LogP contribution in [-0.2, 0) is 13.9 Å². The summed E-state index contributed by atoms with van der Waals surface area (Å²) in [5, 5.41) is 2.57. The second kappa shape index (κ2) is 4.78. The summed E-state index contributed by atoms with van der Waals surface area (Å²) in [4.78, 5) is 25.2. The van der Waals surface area contributed by atoms with Crippen LogP contribution in [0.25, 0.3) is 0 Å². The molecule has 0 fully saturated rings. The van der Waals surface area contributed by atoms with Crippen LogP contribution in [-0.4, -0.2) is 16.9 Å². The minimum Gasteiger partial charge on any atom is -0.339 e. The average molecular weight is 235 g/mol. The molecular weight excluding hydrogens is 231 g/mol. The van der Waals surface area contributed by atoms with E-state index in [0.717, 1.165) is 0 Å². The molecule has 0 bridgehead atoms. The first-order chi connectivity index (χ1) is 6.63. The SMILES string of the molecule is O=C(Nc1ccc(Cl)cn1)C(=O)OCl. The number of nitrogens with zero attached hydrogens (tertiary/aromatic N) is 1. The van der Waals surface area contributed by atoms with Crippen molar-refractivity contribution in [1.82, 2.24) is 4.98 Å². The Morgan fingerprint density at radius 1 is 1.43 bits per heavy atom. The molecule has 74 valence electrons. The van der Waals surface area contributed by atoms with E-state index in [1.165, 1.54) is 18.3 Å². The van der Waals surface area contributed by atoms with Crippen LogP contribution in [0.4, 0.5) is 5.82 Å². The number of carbonyl (C=O) groups excluding carboxylic acids is 2. The molecule has 0 saturated carbocycles. The number of hydrogen-bond donors (Lipinski definition) is 1. The van der Waals surface area contributed by atoms with E-state index in [1.807, 2.05) is 0 Å². The van der Waals surface area contributed by atoms with Gasteiger partial charge in [-0.3, -0.25) is 4.79 Å². The Balaban J connectivity index is 2.65. The molecule has 1 rings (SSSR count). The smallest absolute Gasteiger partial charge is 0.339 e. The normalized spacial score (nSPS) is 9.29. The van der Waals surface area contributed by atoms with Gasteiger partial charge in [-0.1, -0.05) is 11.6 Å². The van der Waals surface area contributed by atoms with Gasteiger partial charge in [0.25, 0.3) is 0 Å². The summed E-state index contributed by atoms with van der Waals surface area (Å²) in [6.07, 6.45) is 1.32. The van der Waals surface area contributed by atoms with Crippen LogP contribution >= 0.6 is 23.5 Å². The molecule has 5 nitrogen and oxygen atoms in total. The number of aromatic nitrogens is 1. The molecule has 0 unspecified atom stereocenters. The molecule has 0 aliphatic heterocycles. The van der Waals surface area contributed by atoms with Gasteiger partial charge in [0.2, 0.25) is 0 Å². The van der Waals surface area contributed by atoms with Crippen molar-refractivity contribution in [2.75, 3.05) is 5.32 Å². The van der Waals surface area contributed by atoms with E-state index in [-0.39, 0.29) is 5.82 Å². The third-order valence-electron chi connectivity index (χ3n) is 1.22. The maximum Gasteiger partial charge on any atom is 0.415 e. The number of hydrogen-bond acceptors (Lipinski definition) is 4. The molecule has 7 heteroatoms. The number of amides is 1. The van der Waals surface area contributed by atoms with Crippen LogP contribution in [0.3, 0.4) is 0 Å². The summed E-state index contributed by atoms with van der Waals surface area (Å²) in [6.45, 7) is 0.